The fourth-order valence-electron chi connectivity index (χ4n) is 2.12. The van der Waals surface area contributed by atoms with E-state index in [1.54, 1.807) is 33.9 Å². The van der Waals surface area contributed by atoms with E-state index in [-0.39, 0.29) is 23.6 Å². The van der Waals surface area contributed by atoms with Gasteiger partial charge in [0.15, 0.2) is 0 Å². The predicted molar refractivity (Wildman–Crippen MR) is 92.2 cm³/mol. The maximum Gasteiger partial charge on any atom is 0.270 e. The smallest absolute Gasteiger partial charge is 0.270 e. The number of halogens is 1. The molecule has 132 valence electrons. The Balaban J connectivity index is 2.05. The number of carbonyl (C=O) groups excluding carboxylic acids is 2. The van der Waals surface area contributed by atoms with Crippen LogP contribution in [0.25, 0.3) is 0 Å². The van der Waals surface area contributed by atoms with Crippen molar-refractivity contribution in [3.8, 4) is 5.75 Å². The zero-order valence-corrected chi connectivity index (χ0v) is 15.2. The van der Waals surface area contributed by atoms with Crippen LogP contribution in [0.3, 0.4) is 0 Å². The lowest BCUT2D eigenvalue weighted by Crippen LogP contribution is -2.50. The minimum absolute atomic E-state index is 0.146. The number of pyridine rings is 1. The van der Waals surface area contributed by atoms with E-state index in [0.717, 1.165) is 0 Å². The van der Waals surface area contributed by atoms with E-state index in [4.69, 9.17) is 16.3 Å². The summed E-state index contributed by atoms with van der Waals surface area (Å²) in [5.41, 5.74) is -0.535. The Bertz CT molecular complexity index is 630. The van der Waals surface area contributed by atoms with Gasteiger partial charge in [0.25, 0.3) is 5.91 Å². The molecule has 0 bridgehead atoms. The molecule has 1 heterocycles. The van der Waals surface area contributed by atoms with Crippen LogP contribution >= 0.6 is 11.6 Å². The average Bonchev–Trinajstić information content (AvgIpc) is 3.37. The quantitative estimate of drug-likeness (QED) is 0.788. The highest BCUT2D eigenvalue weighted by Gasteiger charge is 2.34. The summed E-state index contributed by atoms with van der Waals surface area (Å²) in [6.07, 6.45) is 3.75. The van der Waals surface area contributed by atoms with Gasteiger partial charge >= 0.3 is 0 Å². The van der Waals surface area contributed by atoms with Crippen molar-refractivity contribution in [1.29, 1.82) is 0 Å². The highest BCUT2D eigenvalue weighted by atomic mass is 35.5. The first-order valence-corrected chi connectivity index (χ1v) is 8.45. The number of nitrogens with zero attached hydrogens (tertiary/aromatic N) is 1. The van der Waals surface area contributed by atoms with Crippen molar-refractivity contribution in [1.82, 2.24) is 15.6 Å². The molecule has 2 N–H and O–H groups in total. The summed E-state index contributed by atoms with van der Waals surface area (Å²) in [4.78, 5) is 28.4. The Hall–Kier alpha value is -1.82. The molecule has 2 rings (SSSR count). The number of aromatic nitrogens is 1. The van der Waals surface area contributed by atoms with Gasteiger partial charge in [-0.15, -0.1) is 0 Å². The van der Waals surface area contributed by atoms with Crippen molar-refractivity contribution in [2.75, 3.05) is 13.7 Å². The van der Waals surface area contributed by atoms with E-state index in [2.05, 4.69) is 15.6 Å². The van der Waals surface area contributed by atoms with E-state index >= 15 is 0 Å². The summed E-state index contributed by atoms with van der Waals surface area (Å²) < 4.78 is 5.66. The summed E-state index contributed by atoms with van der Waals surface area (Å²) >= 11 is 6.07. The SMILES string of the molecule is CNC(=O)C(C)(C)[C@H](C)NC(=O)c1cc(OCC2CC2)c(Cl)cn1. The first-order valence-electron chi connectivity index (χ1n) is 8.07. The van der Waals surface area contributed by atoms with Gasteiger partial charge in [0, 0.05) is 19.2 Å². The molecule has 0 aliphatic heterocycles. The maximum atomic E-state index is 12.4. The Labute approximate surface area is 147 Å². The van der Waals surface area contributed by atoms with Crippen LogP contribution in [0.15, 0.2) is 12.3 Å². The standard InChI is InChI=1S/C17H24ClN3O3/c1-10(17(2,3)16(23)19-4)21-15(22)13-7-14(12(18)8-20-13)24-9-11-5-6-11/h7-8,10-11H,5-6,9H2,1-4H3,(H,19,23)(H,21,22)/t10-/m0/s1. The van der Waals surface area contributed by atoms with Crippen LogP contribution in [-0.4, -0.2) is 36.5 Å². The second kappa shape index (κ2) is 7.38. The van der Waals surface area contributed by atoms with Crippen molar-refractivity contribution >= 4 is 23.4 Å². The Morgan fingerprint density at radius 3 is 2.71 bits per heavy atom. The number of rotatable bonds is 7. The third-order valence-corrected chi connectivity index (χ3v) is 4.75. The van der Waals surface area contributed by atoms with Gasteiger partial charge in [-0.3, -0.25) is 9.59 Å². The molecule has 1 aliphatic carbocycles. The summed E-state index contributed by atoms with van der Waals surface area (Å²) in [5.74, 6) is 0.530. The maximum absolute atomic E-state index is 12.4. The van der Waals surface area contributed by atoms with Crippen LogP contribution in [0.1, 0.15) is 44.1 Å². The third kappa shape index (κ3) is 4.38. The lowest BCUT2D eigenvalue weighted by atomic mass is 9.84. The molecule has 0 unspecified atom stereocenters. The summed E-state index contributed by atoms with van der Waals surface area (Å²) in [6.45, 7) is 5.94. The first-order chi connectivity index (χ1) is 11.3. The molecule has 1 saturated carbocycles. The molecule has 1 aromatic heterocycles. The minimum atomic E-state index is -0.748. The molecule has 7 heteroatoms. The third-order valence-electron chi connectivity index (χ3n) is 4.47. The number of nitrogens with one attached hydrogen (secondary N) is 2. The van der Waals surface area contributed by atoms with E-state index in [1.807, 2.05) is 0 Å². The number of hydrogen-bond donors (Lipinski definition) is 2. The van der Waals surface area contributed by atoms with E-state index in [0.29, 0.717) is 23.3 Å². The Kier molecular flexibility index (Phi) is 5.70. The molecule has 0 spiro atoms. The number of amides is 2. The molecule has 24 heavy (non-hydrogen) atoms. The molecular weight excluding hydrogens is 330 g/mol. The number of carbonyl (C=O) groups is 2. The van der Waals surface area contributed by atoms with Crippen LogP contribution in [0.4, 0.5) is 0 Å². The van der Waals surface area contributed by atoms with Crippen molar-refractivity contribution in [3.63, 3.8) is 0 Å². The molecule has 0 saturated heterocycles. The van der Waals surface area contributed by atoms with Gasteiger partial charge in [0.1, 0.15) is 16.5 Å². The predicted octanol–water partition coefficient (Wildman–Crippen LogP) is 2.41. The van der Waals surface area contributed by atoms with Gasteiger partial charge < -0.3 is 15.4 Å². The zero-order chi connectivity index (χ0) is 17.9. The molecule has 2 amide bonds. The van der Waals surface area contributed by atoms with E-state index < -0.39 is 5.41 Å². The van der Waals surface area contributed by atoms with Crippen LogP contribution in [-0.2, 0) is 4.79 Å². The molecule has 1 fully saturated rings. The summed E-state index contributed by atoms with van der Waals surface area (Å²) in [5, 5.41) is 5.80. The molecular formula is C17H24ClN3O3. The van der Waals surface area contributed by atoms with Gasteiger partial charge in [-0.05, 0) is 39.5 Å². The van der Waals surface area contributed by atoms with Crippen LogP contribution in [0, 0.1) is 11.3 Å². The fourth-order valence-corrected chi connectivity index (χ4v) is 2.27. The van der Waals surface area contributed by atoms with E-state index in [9.17, 15) is 9.59 Å². The second-order valence-corrected chi connectivity index (χ2v) is 7.16. The van der Waals surface area contributed by atoms with Gasteiger partial charge in [-0.2, -0.15) is 0 Å². The number of hydrogen-bond acceptors (Lipinski definition) is 4. The van der Waals surface area contributed by atoms with Crippen LogP contribution in [0.2, 0.25) is 5.02 Å². The molecule has 1 aliphatic rings. The lowest BCUT2D eigenvalue weighted by Gasteiger charge is -2.30. The lowest BCUT2D eigenvalue weighted by molar-refractivity contribution is -0.129. The second-order valence-electron chi connectivity index (χ2n) is 6.75. The van der Waals surface area contributed by atoms with Gasteiger partial charge in [-0.25, -0.2) is 4.98 Å². The van der Waals surface area contributed by atoms with Crippen molar-refractivity contribution in [2.45, 2.75) is 39.7 Å². The molecule has 0 radical (unpaired) electrons. The minimum Gasteiger partial charge on any atom is -0.492 e. The van der Waals surface area contributed by atoms with Crippen molar-refractivity contribution < 1.29 is 14.3 Å². The van der Waals surface area contributed by atoms with Crippen molar-refractivity contribution in [2.24, 2.45) is 11.3 Å². The molecule has 6 nitrogen and oxygen atoms in total. The number of ether oxygens (including phenoxy) is 1. The zero-order valence-electron chi connectivity index (χ0n) is 14.5. The molecule has 1 atom stereocenters. The summed E-state index contributed by atoms with van der Waals surface area (Å²) in [7, 11) is 1.57. The van der Waals surface area contributed by atoms with Crippen LogP contribution < -0.4 is 15.4 Å². The van der Waals surface area contributed by atoms with E-state index in [1.165, 1.54) is 19.0 Å². The normalized spacial score (nSPS) is 15.5. The topological polar surface area (TPSA) is 80.3 Å². The highest BCUT2D eigenvalue weighted by molar-refractivity contribution is 6.32. The van der Waals surface area contributed by atoms with Gasteiger partial charge in [0.2, 0.25) is 5.91 Å². The largest absolute Gasteiger partial charge is 0.492 e. The Morgan fingerprint density at radius 2 is 2.12 bits per heavy atom. The highest BCUT2D eigenvalue weighted by Crippen LogP contribution is 2.31. The average molecular weight is 354 g/mol. The fraction of sp³-hybridized carbons (Fsp3) is 0.588. The summed E-state index contributed by atoms with van der Waals surface area (Å²) in [6, 6.07) is 1.16. The molecule has 0 aromatic carbocycles. The molecule has 1 aromatic rings. The Morgan fingerprint density at radius 1 is 1.46 bits per heavy atom. The first kappa shape index (κ1) is 18.5. The van der Waals surface area contributed by atoms with Crippen LogP contribution in [0.5, 0.6) is 5.75 Å². The van der Waals surface area contributed by atoms with Crippen molar-refractivity contribution in [3.05, 3.63) is 23.0 Å². The monoisotopic (exact) mass is 353 g/mol. The van der Waals surface area contributed by atoms with Gasteiger partial charge in [-0.1, -0.05) is 11.6 Å². The van der Waals surface area contributed by atoms with Gasteiger partial charge in [0.05, 0.1) is 18.2 Å².